The van der Waals surface area contributed by atoms with Gasteiger partial charge in [-0.15, -0.1) is 10.2 Å². The van der Waals surface area contributed by atoms with Crippen LogP contribution in [0.1, 0.15) is 0 Å². The van der Waals surface area contributed by atoms with Gasteiger partial charge in [-0.05, 0) is 6.07 Å². The molecule has 0 saturated carbocycles. The van der Waals surface area contributed by atoms with E-state index in [2.05, 4.69) is 10.2 Å². The number of nitrogen functional groups attached to an aromatic ring is 2. The number of rotatable bonds is 1. The first kappa shape index (κ1) is 9.25. The number of hydrogen-bond donors (Lipinski definition) is 2. The van der Waals surface area contributed by atoms with Crippen LogP contribution in [-0.4, -0.2) is 19.4 Å². The van der Waals surface area contributed by atoms with Crippen molar-refractivity contribution in [3.63, 3.8) is 0 Å². The molecule has 0 atom stereocenters. The van der Waals surface area contributed by atoms with Crippen molar-refractivity contribution in [2.45, 2.75) is 0 Å². The molecule has 0 aromatic carbocycles. The maximum atomic E-state index is 11.4. The van der Waals surface area contributed by atoms with E-state index in [-0.39, 0.29) is 11.5 Å². The summed E-state index contributed by atoms with van der Waals surface area (Å²) in [6.07, 6.45) is 1.63. The predicted molar refractivity (Wildman–Crippen MR) is 55.3 cm³/mol. The van der Waals surface area contributed by atoms with E-state index < -0.39 is 0 Å². The maximum absolute atomic E-state index is 11.4. The Morgan fingerprint density at radius 3 is 2.67 bits per heavy atom. The number of nitrogens with two attached hydrogens (primary N) is 2. The van der Waals surface area contributed by atoms with Crippen LogP contribution in [0.15, 0.2) is 23.1 Å². The summed E-state index contributed by atoms with van der Waals surface area (Å²) < 4.78 is 2.58. The minimum atomic E-state index is -0.144. The van der Waals surface area contributed by atoms with Crippen molar-refractivity contribution in [2.24, 2.45) is 7.05 Å². The van der Waals surface area contributed by atoms with Crippen molar-refractivity contribution in [1.82, 2.24) is 19.4 Å². The van der Waals surface area contributed by atoms with Crippen LogP contribution in [0.4, 0.5) is 5.95 Å². The summed E-state index contributed by atoms with van der Waals surface area (Å²) in [4.78, 5) is 11.4. The van der Waals surface area contributed by atoms with Crippen LogP contribution in [-0.2, 0) is 7.05 Å². The molecule has 78 valence electrons. The average Bonchev–Trinajstić information content (AvgIpc) is 2.53. The fraction of sp³-hybridized carbons (Fsp3) is 0.125. The standard InChI is InChI=1S/C8H10N6O/c1-13-3-2-5(4-6(13)15)7-11-12-8(9)14(7)10/h2-4H,10H2,1H3,(H2,9,12). The zero-order valence-corrected chi connectivity index (χ0v) is 8.08. The van der Waals surface area contributed by atoms with Gasteiger partial charge in [-0.1, -0.05) is 0 Å². The molecule has 0 spiro atoms. The third-order valence-corrected chi connectivity index (χ3v) is 2.08. The molecule has 2 rings (SSSR count). The van der Waals surface area contributed by atoms with Gasteiger partial charge in [-0.3, -0.25) is 4.79 Å². The lowest BCUT2D eigenvalue weighted by molar-refractivity contribution is 0.859. The molecular formula is C8H10N6O. The van der Waals surface area contributed by atoms with E-state index >= 15 is 0 Å². The molecule has 2 aromatic heterocycles. The third-order valence-electron chi connectivity index (χ3n) is 2.08. The first-order chi connectivity index (χ1) is 7.09. The summed E-state index contributed by atoms with van der Waals surface area (Å²) in [5, 5.41) is 7.37. The van der Waals surface area contributed by atoms with Gasteiger partial charge < -0.3 is 16.1 Å². The van der Waals surface area contributed by atoms with Crippen molar-refractivity contribution in [3.05, 3.63) is 28.7 Å². The lowest BCUT2D eigenvalue weighted by Crippen LogP contribution is -2.17. The van der Waals surface area contributed by atoms with Gasteiger partial charge in [0.1, 0.15) is 0 Å². The molecule has 7 nitrogen and oxygen atoms in total. The molecule has 0 aliphatic heterocycles. The minimum absolute atomic E-state index is 0.102. The average molecular weight is 206 g/mol. The summed E-state index contributed by atoms with van der Waals surface area (Å²) in [6.45, 7) is 0. The van der Waals surface area contributed by atoms with E-state index in [1.807, 2.05) is 0 Å². The first-order valence-corrected chi connectivity index (χ1v) is 4.22. The molecule has 0 aliphatic carbocycles. The summed E-state index contributed by atoms with van der Waals surface area (Å²) in [7, 11) is 1.66. The second-order valence-corrected chi connectivity index (χ2v) is 3.12. The molecule has 15 heavy (non-hydrogen) atoms. The van der Waals surface area contributed by atoms with Crippen LogP contribution in [0.25, 0.3) is 11.4 Å². The second-order valence-electron chi connectivity index (χ2n) is 3.12. The first-order valence-electron chi connectivity index (χ1n) is 4.22. The third kappa shape index (κ3) is 1.43. The van der Waals surface area contributed by atoms with Gasteiger partial charge in [-0.2, -0.15) is 0 Å². The van der Waals surface area contributed by atoms with Crippen molar-refractivity contribution < 1.29 is 0 Å². The number of nitrogens with zero attached hydrogens (tertiary/aromatic N) is 4. The van der Waals surface area contributed by atoms with Gasteiger partial charge in [-0.25, -0.2) is 4.68 Å². The summed E-state index contributed by atoms with van der Waals surface area (Å²) in [6, 6.07) is 3.14. The van der Waals surface area contributed by atoms with Gasteiger partial charge in [0, 0.05) is 24.9 Å². The fourth-order valence-corrected chi connectivity index (χ4v) is 1.19. The van der Waals surface area contributed by atoms with Crippen LogP contribution >= 0.6 is 0 Å². The van der Waals surface area contributed by atoms with E-state index in [1.54, 1.807) is 19.3 Å². The van der Waals surface area contributed by atoms with Gasteiger partial charge in [0.25, 0.3) is 5.56 Å². The van der Waals surface area contributed by atoms with E-state index in [0.29, 0.717) is 11.4 Å². The van der Waals surface area contributed by atoms with Crippen LogP contribution in [0, 0.1) is 0 Å². The highest BCUT2D eigenvalue weighted by molar-refractivity contribution is 5.55. The lowest BCUT2D eigenvalue weighted by Gasteiger charge is -2.01. The molecule has 0 bridgehead atoms. The largest absolute Gasteiger partial charge is 0.366 e. The molecule has 0 amide bonds. The normalized spacial score (nSPS) is 10.5. The molecular weight excluding hydrogens is 196 g/mol. The molecule has 0 unspecified atom stereocenters. The highest BCUT2D eigenvalue weighted by Crippen LogP contribution is 2.13. The maximum Gasteiger partial charge on any atom is 0.250 e. The lowest BCUT2D eigenvalue weighted by atomic mass is 10.2. The van der Waals surface area contributed by atoms with E-state index in [0.717, 1.165) is 4.68 Å². The Bertz CT molecular complexity index is 554. The Kier molecular flexibility index (Phi) is 1.93. The SMILES string of the molecule is Cn1ccc(-c2nnc(N)n2N)cc1=O. The molecule has 2 heterocycles. The zero-order chi connectivity index (χ0) is 11.0. The van der Waals surface area contributed by atoms with Crippen molar-refractivity contribution >= 4 is 5.95 Å². The number of anilines is 1. The van der Waals surface area contributed by atoms with Crippen molar-refractivity contribution in [2.75, 3.05) is 11.6 Å². The van der Waals surface area contributed by atoms with Crippen molar-refractivity contribution in [1.29, 1.82) is 0 Å². The Morgan fingerprint density at radius 1 is 1.40 bits per heavy atom. The Morgan fingerprint density at radius 2 is 2.13 bits per heavy atom. The number of pyridine rings is 1. The second kappa shape index (κ2) is 3.12. The topological polar surface area (TPSA) is 105 Å². The molecule has 0 saturated heterocycles. The molecule has 0 radical (unpaired) electrons. The number of hydrogen-bond acceptors (Lipinski definition) is 5. The van der Waals surface area contributed by atoms with Gasteiger partial charge in [0.15, 0.2) is 5.82 Å². The van der Waals surface area contributed by atoms with Crippen LogP contribution in [0.5, 0.6) is 0 Å². The monoisotopic (exact) mass is 206 g/mol. The zero-order valence-electron chi connectivity index (χ0n) is 8.08. The summed E-state index contributed by atoms with van der Waals surface area (Å²) in [5.41, 5.74) is 5.87. The van der Waals surface area contributed by atoms with E-state index in [4.69, 9.17) is 11.6 Å². The Hall–Kier alpha value is -2.31. The quantitative estimate of drug-likeness (QED) is 0.578. The Labute approximate surface area is 84.9 Å². The molecule has 4 N–H and O–H groups in total. The van der Waals surface area contributed by atoms with E-state index in [1.165, 1.54) is 10.6 Å². The minimum Gasteiger partial charge on any atom is -0.366 e. The highest BCUT2D eigenvalue weighted by atomic mass is 16.1. The molecule has 2 aromatic rings. The fourth-order valence-electron chi connectivity index (χ4n) is 1.19. The van der Waals surface area contributed by atoms with Gasteiger partial charge in [0.2, 0.25) is 5.95 Å². The number of aromatic nitrogens is 4. The van der Waals surface area contributed by atoms with Gasteiger partial charge in [0.05, 0.1) is 0 Å². The van der Waals surface area contributed by atoms with E-state index in [9.17, 15) is 4.79 Å². The van der Waals surface area contributed by atoms with Crippen molar-refractivity contribution in [3.8, 4) is 11.4 Å². The molecule has 0 aliphatic rings. The van der Waals surface area contributed by atoms with Gasteiger partial charge >= 0.3 is 0 Å². The smallest absolute Gasteiger partial charge is 0.250 e. The Balaban J connectivity index is 2.60. The summed E-state index contributed by atoms with van der Waals surface area (Å²) in [5.74, 6) is 6.05. The van der Waals surface area contributed by atoms with Crippen LogP contribution in [0.3, 0.4) is 0 Å². The predicted octanol–water partition coefficient (Wildman–Crippen LogP) is -1.06. The van der Waals surface area contributed by atoms with Crippen LogP contribution < -0.4 is 17.1 Å². The number of aryl methyl sites for hydroxylation is 1. The van der Waals surface area contributed by atoms with Crippen LogP contribution in [0.2, 0.25) is 0 Å². The highest BCUT2D eigenvalue weighted by Gasteiger charge is 2.09. The molecule has 7 heteroatoms. The molecule has 0 fully saturated rings. The summed E-state index contributed by atoms with van der Waals surface area (Å²) >= 11 is 0.